The van der Waals surface area contributed by atoms with Gasteiger partial charge in [0.15, 0.2) is 0 Å². The van der Waals surface area contributed by atoms with Crippen molar-refractivity contribution < 1.29 is 4.79 Å². The summed E-state index contributed by atoms with van der Waals surface area (Å²) in [6.45, 7) is 0. The molecular weight excluding hydrogens is 152 g/mol. The molecule has 1 fully saturated rings. The second kappa shape index (κ2) is 5.14. The maximum atomic E-state index is 11.0. The molecule has 0 aromatic heterocycles. The molecule has 1 rings (SSSR count). The molecule has 12 heavy (non-hydrogen) atoms. The summed E-state index contributed by atoms with van der Waals surface area (Å²) in [6, 6.07) is 0. The molecule has 0 radical (unpaired) electrons. The maximum absolute atomic E-state index is 11.0. The summed E-state index contributed by atoms with van der Waals surface area (Å²) >= 11 is 0. The van der Waals surface area contributed by atoms with Crippen LogP contribution in [0.4, 0.5) is 0 Å². The Bertz CT molecular complexity index is 143. The minimum absolute atomic E-state index is 0.108. The lowest BCUT2D eigenvalue weighted by molar-refractivity contribution is -0.122. The van der Waals surface area contributed by atoms with Crippen LogP contribution in [0.15, 0.2) is 0 Å². The van der Waals surface area contributed by atoms with Gasteiger partial charge in [-0.05, 0) is 18.8 Å². The number of rotatable bonds is 5. The topological polar surface area (TPSA) is 41.1 Å². The number of hydrogen-bond acceptors (Lipinski definition) is 2. The molecule has 1 saturated carbocycles. The molecule has 1 aliphatic carbocycles. The Hall–Kier alpha value is -0.570. The van der Waals surface area contributed by atoms with Crippen LogP contribution in [-0.4, -0.2) is 13.0 Å². The largest absolute Gasteiger partial charge is 0.292 e. The highest BCUT2D eigenvalue weighted by Crippen LogP contribution is 2.30. The maximum Gasteiger partial charge on any atom is 0.234 e. The van der Waals surface area contributed by atoms with Crippen LogP contribution in [0.25, 0.3) is 0 Å². The second-order valence-corrected chi connectivity index (χ2v) is 3.49. The summed E-state index contributed by atoms with van der Waals surface area (Å²) in [5.74, 6) is 1.03. The van der Waals surface area contributed by atoms with Gasteiger partial charge in [-0.1, -0.05) is 19.3 Å². The van der Waals surface area contributed by atoms with Crippen LogP contribution in [0.1, 0.15) is 38.5 Å². The smallest absolute Gasteiger partial charge is 0.234 e. The monoisotopic (exact) mass is 170 g/mol. The Labute approximate surface area is 73.9 Å². The van der Waals surface area contributed by atoms with Gasteiger partial charge in [0, 0.05) is 13.5 Å². The van der Waals surface area contributed by atoms with Crippen LogP contribution in [0.3, 0.4) is 0 Å². The van der Waals surface area contributed by atoms with Gasteiger partial charge >= 0.3 is 0 Å². The van der Waals surface area contributed by atoms with E-state index in [1.54, 1.807) is 7.05 Å². The number of amides is 1. The van der Waals surface area contributed by atoms with Crippen molar-refractivity contribution in [3.8, 4) is 0 Å². The van der Waals surface area contributed by atoms with E-state index in [0.717, 1.165) is 12.3 Å². The van der Waals surface area contributed by atoms with Gasteiger partial charge in [-0.3, -0.25) is 10.2 Å². The van der Waals surface area contributed by atoms with Crippen molar-refractivity contribution in [1.29, 1.82) is 0 Å². The molecule has 1 aliphatic rings. The second-order valence-electron chi connectivity index (χ2n) is 3.49. The lowest BCUT2D eigenvalue weighted by Gasteiger charge is -2.24. The van der Waals surface area contributed by atoms with E-state index >= 15 is 0 Å². The van der Waals surface area contributed by atoms with E-state index in [1.165, 1.54) is 25.7 Å². The molecule has 0 spiro atoms. The molecule has 0 bridgehead atoms. The Morgan fingerprint density at radius 1 is 1.50 bits per heavy atom. The van der Waals surface area contributed by atoms with E-state index < -0.39 is 0 Å². The van der Waals surface area contributed by atoms with E-state index in [2.05, 4.69) is 10.9 Å². The summed E-state index contributed by atoms with van der Waals surface area (Å²) in [5.41, 5.74) is 5.20. The number of nitrogens with one attached hydrogen (secondary N) is 2. The van der Waals surface area contributed by atoms with Crippen molar-refractivity contribution in [2.75, 3.05) is 7.05 Å². The first-order valence-corrected chi connectivity index (χ1v) is 4.78. The highest BCUT2D eigenvalue weighted by molar-refractivity contribution is 5.75. The van der Waals surface area contributed by atoms with Gasteiger partial charge in [0.2, 0.25) is 5.91 Å². The van der Waals surface area contributed by atoms with Gasteiger partial charge in [0.05, 0.1) is 0 Å². The third kappa shape index (κ3) is 3.22. The molecule has 0 aromatic carbocycles. The van der Waals surface area contributed by atoms with E-state index in [0.29, 0.717) is 6.42 Å². The molecule has 0 unspecified atom stereocenters. The third-order valence-electron chi connectivity index (χ3n) is 2.51. The van der Waals surface area contributed by atoms with Gasteiger partial charge in [0.25, 0.3) is 0 Å². The predicted molar refractivity (Wildman–Crippen MR) is 48.4 cm³/mol. The molecule has 70 valence electrons. The highest BCUT2D eigenvalue weighted by Gasteiger charge is 2.16. The van der Waals surface area contributed by atoms with Gasteiger partial charge in [0.1, 0.15) is 0 Å². The summed E-state index contributed by atoms with van der Waals surface area (Å²) in [4.78, 5) is 11.0. The fraction of sp³-hybridized carbons (Fsp3) is 0.889. The average Bonchev–Trinajstić information content (AvgIpc) is 1.95. The summed E-state index contributed by atoms with van der Waals surface area (Å²) in [6.07, 6.45) is 7.10. The van der Waals surface area contributed by atoms with Crippen molar-refractivity contribution in [1.82, 2.24) is 10.9 Å². The van der Waals surface area contributed by atoms with Crippen molar-refractivity contribution in [2.45, 2.75) is 38.5 Å². The third-order valence-corrected chi connectivity index (χ3v) is 2.51. The van der Waals surface area contributed by atoms with Gasteiger partial charge in [-0.2, -0.15) is 0 Å². The van der Waals surface area contributed by atoms with Crippen molar-refractivity contribution in [3.63, 3.8) is 0 Å². The predicted octanol–water partition coefficient (Wildman–Crippen LogP) is 1.21. The van der Waals surface area contributed by atoms with Gasteiger partial charge in [-0.15, -0.1) is 0 Å². The number of carbonyl (C=O) groups excluding carboxylic acids is 1. The zero-order chi connectivity index (χ0) is 8.81. The first kappa shape index (κ1) is 9.52. The number of hydrogen-bond donors (Lipinski definition) is 2. The Morgan fingerprint density at radius 3 is 2.75 bits per heavy atom. The Morgan fingerprint density at radius 2 is 2.25 bits per heavy atom. The molecule has 0 aliphatic heterocycles. The molecule has 0 aromatic rings. The van der Waals surface area contributed by atoms with Crippen molar-refractivity contribution >= 4 is 5.91 Å². The van der Waals surface area contributed by atoms with Crippen molar-refractivity contribution in [2.24, 2.45) is 5.92 Å². The summed E-state index contributed by atoms with van der Waals surface area (Å²) in [5, 5.41) is 0. The summed E-state index contributed by atoms with van der Waals surface area (Å²) < 4.78 is 0. The van der Waals surface area contributed by atoms with E-state index in [-0.39, 0.29) is 5.91 Å². The average molecular weight is 170 g/mol. The summed E-state index contributed by atoms with van der Waals surface area (Å²) in [7, 11) is 1.71. The normalized spacial score (nSPS) is 17.1. The van der Waals surface area contributed by atoms with Crippen LogP contribution in [0, 0.1) is 5.92 Å². The minimum atomic E-state index is 0.108. The van der Waals surface area contributed by atoms with Gasteiger partial charge < -0.3 is 0 Å². The zero-order valence-electron chi connectivity index (χ0n) is 7.73. The van der Waals surface area contributed by atoms with E-state index in [9.17, 15) is 4.79 Å². The van der Waals surface area contributed by atoms with E-state index in [4.69, 9.17) is 0 Å². The molecule has 2 N–H and O–H groups in total. The molecule has 0 saturated heterocycles. The molecule has 1 amide bonds. The number of carbonyl (C=O) groups is 1. The quantitative estimate of drug-likeness (QED) is 0.609. The molecule has 0 heterocycles. The highest BCUT2D eigenvalue weighted by atomic mass is 16.2. The number of hydrazine groups is 1. The first-order chi connectivity index (χ1) is 5.83. The first-order valence-electron chi connectivity index (χ1n) is 4.78. The van der Waals surface area contributed by atoms with Crippen molar-refractivity contribution in [3.05, 3.63) is 0 Å². The van der Waals surface area contributed by atoms with Crippen LogP contribution in [-0.2, 0) is 4.79 Å². The van der Waals surface area contributed by atoms with Crippen LogP contribution < -0.4 is 10.9 Å². The SMILES string of the molecule is CNNC(=O)CCCC1CCC1. The molecule has 3 heteroatoms. The Balaban J connectivity index is 1.90. The standard InChI is InChI=1S/C9H18N2O/c1-10-11-9(12)7-3-6-8-4-2-5-8/h8,10H,2-7H2,1H3,(H,11,12). The van der Waals surface area contributed by atoms with E-state index in [1.807, 2.05) is 0 Å². The fourth-order valence-electron chi connectivity index (χ4n) is 1.53. The molecular formula is C9H18N2O. The molecule has 0 atom stereocenters. The van der Waals surface area contributed by atoms with Crippen LogP contribution in [0.5, 0.6) is 0 Å². The van der Waals surface area contributed by atoms with Crippen LogP contribution in [0.2, 0.25) is 0 Å². The fourth-order valence-corrected chi connectivity index (χ4v) is 1.53. The van der Waals surface area contributed by atoms with Crippen LogP contribution >= 0.6 is 0 Å². The molecule has 3 nitrogen and oxygen atoms in total. The lowest BCUT2D eigenvalue weighted by Crippen LogP contribution is -2.33. The lowest BCUT2D eigenvalue weighted by atomic mass is 9.82. The minimum Gasteiger partial charge on any atom is -0.292 e. The van der Waals surface area contributed by atoms with Gasteiger partial charge in [-0.25, -0.2) is 5.43 Å². The zero-order valence-corrected chi connectivity index (χ0v) is 7.73. The Kier molecular flexibility index (Phi) is 4.08.